The molecule has 8 N–H and O–H groups in total. The molecule has 61 heavy (non-hydrogen) atoms. The van der Waals surface area contributed by atoms with Gasteiger partial charge in [0.05, 0.1) is 9.79 Å². The lowest BCUT2D eigenvalue weighted by Crippen LogP contribution is -2.35. The fraction of sp³-hybridized carbons (Fsp3) is 0.0233. The molecular weight excluding hydrogens is 821 g/mol. The summed E-state index contributed by atoms with van der Waals surface area (Å²) < 4.78 is 55.8. The van der Waals surface area contributed by atoms with Crippen molar-refractivity contribution in [1.82, 2.24) is 9.44 Å². The van der Waals surface area contributed by atoms with Crippen molar-refractivity contribution in [2.45, 2.75) is 16.7 Å². The van der Waals surface area contributed by atoms with E-state index in [1.807, 2.05) is 82.2 Å². The molecular formula is C43H36N8O8S2. The van der Waals surface area contributed by atoms with Gasteiger partial charge >= 0.3 is 24.1 Å². The second-order valence-corrected chi connectivity index (χ2v) is 16.8. The number of anilines is 6. The minimum Gasteiger partial charge on any atom is -0.308 e. The number of carbonyl (C=O) groups excluding carboxylic acids is 4. The van der Waals surface area contributed by atoms with Crippen molar-refractivity contribution >= 4 is 99.8 Å². The van der Waals surface area contributed by atoms with E-state index < -0.39 is 44.2 Å². The van der Waals surface area contributed by atoms with Gasteiger partial charge in [0.25, 0.3) is 20.0 Å². The van der Waals surface area contributed by atoms with Crippen LogP contribution in [0.15, 0.2) is 161 Å². The molecule has 0 aromatic heterocycles. The molecule has 8 amide bonds. The molecule has 0 aliphatic heterocycles. The van der Waals surface area contributed by atoms with E-state index in [0.717, 1.165) is 21.5 Å². The van der Waals surface area contributed by atoms with Gasteiger partial charge in [0, 0.05) is 34.1 Å². The molecule has 0 fully saturated rings. The summed E-state index contributed by atoms with van der Waals surface area (Å²) in [5.74, 6) is 0. The SMILES string of the molecule is Cc1ccc(NC(=O)NS(=O)(=O)c2ccc(NC(=O)Nc3ccc4ccccc4c3)cc2)cc1NC(=O)NS(=O)(=O)c1ccc(NC(=O)Nc2ccc3ccccc3c2)cc1. The van der Waals surface area contributed by atoms with Gasteiger partial charge in [-0.2, -0.15) is 0 Å². The summed E-state index contributed by atoms with van der Waals surface area (Å²) in [7, 11) is -8.74. The van der Waals surface area contributed by atoms with Crippen molar-refractivity contribution in [3.63, 3.8) is 0 Å². The number of carbonyl (C=O) groups is 4. The van der Waals surface area contributed by atoms with Gasteiger partial charge in [0.15, 0.2) is 0 Å². The Bertz CT molecular complexity index is 3050. The lowest BCUT2D eigenvalue weighted by atomic mass is 10.1. The van der Waals surface area contributed by atoms with E-state index in [9.17, 15) is 36.0 Å². The highest BCUT2D eigenvalue weighted by Gasteiger charge is 2.21. The molecule has 0 aliphatic carbocycles. The number of hydrogen-bond acceptors (Lipinski definition) is 8. The number of benzene rings is 7. The van der Waals surface area contributed by atoms with Crippen LogP contribution in [-0.4, -0.2) is 41.0 Å². The summed E-state index contributed by atoms with van der Waals surface area (Å²) in [5.41, 5.74) is 2.38. The third-order valence-corrected chi connectivity index (χ3v) is 11.8. The maximum absolute atomic E-state index is 13.0. The quantitative estimate of drug-likeness (QED) is 0.0662. The molecule has 18 heteroatoms. The van der Waals surface area contributed by atoms with Gasteiger partial charge in [-0.3, -0.25) is 0 Å². The lowest BCUT2D eigenvalue weighted by Gasteiger charge is -2.14. The average Bonchev–Trinajstić information content (AvgIpc) is 3.22. The molecule has 16 nitrogen and oxygen atoms in total. The predicted octanol–water partition coefficient (Wildman–Crippen LogP) is 8.61. The highest BCUT2D eigenvalue weighted by Crippen LogP contribution is 2.24. The van der Waals surface area contributed by atoms with Gasteiger partial charge in [-0.05, 0) is 119 Å². The Labute approximate surface area is 349 Å². The Kier molecular flexibility index (Phi) is 11.8. The van der Waals surface area contributed by atoms with Crippen LogP contribution in [0.4, 0.5) is 53.3 Å². The number of fused-ring (bicyclic) bond motifs is 2. The summed E-state index contributed by atoms with van der Waals surface area (Å²) in [6.07, 6.45) is 0. The van der Waals surface area contributed by atoms with Crippen LogP contribution >= 0.6 is 0 Å². The van der Waals surface area contributed by atoms with E-state index in [0.29, 0.717) is 28.3 Å². The molecule has 7 rings (SSSR count). The van der Waals surface area contributed by atoms with Crippen LogP contribution in [0.2, 0.25) is 0 Å². The van der Waals surface area contributed by atoms with Crippen molar-refractivity contribution in [2.24, 2.45) is 0 Å². The normalized spacial score (nSPS) is 11.2. The van der Waals surface area contributed by atoms with Gasteiger partial charge < -0.3 is 31.9 Å². The molecule has 0 unspecified atom stereocenters. The fourth-order valence-electron chi connectivity index (χ4n) is 6.06. The van der Waals surface area contributed by atoms with Gasteiger partial charge in [0.2, 0.25) is 0 Å². The molecule has 0 aliphatic rings. The fourth-order valence-corrected chi connectivity index (χ4v) is 7.87. The second-order valence-electron chi connectivity index (χ2n) is 13.5. The monoisotopic (exact) mass is 856 g/mol. The summed E-state index contributed by atoms with van der Waals surface area (Å²) in [6.45, 7) is 1.62. The predicted molar refractivity (Wildman–Crippen MR) is 236 cm³/mol. The summed E-state index contributed by atoms with van der Waals surface area (Å²) >= 11 is 0. The van der Waals surface area contributed by atoms with Crippen LogP contribution in [0, 0.1) is 6.92 Å². The molecule has 0 bridgehead atoms. The first-order valence-electron chi connectivity index (χ1n) is 18.3. The Balaban J connectivity index is 0.893. The summed E-state index contributed by atoms with van der Waals surface area (Å²) in [5, 5.41) is 19.4. The maximum Gasteiger partial charge on any atom is 0.333 e. The Morgan fingerprint density at radius 3 is 1.16 bits per heavy atom. The van der Waals surface area contributed by atoms with Crippen molar-refractivity contribution in [3.8, 4) is 0 Å². The van der Waals surface area contributed by atoms with Crippen LogP contribution in [0.1, 0.15) is 5.56 Å². The van der Waals surface area contributed by atoms with Gasteiger partial charge in [-0.15, -0.1) is 0 Å². The zero-order valence-electron chi connectivity index (χ0n) is 32.0. The molecule has 0 spiro atoms. The maximum atomic E-state index is 13.0. The molecule has 7 aromatic carbocycles. The van der Waals surface area contributed by atoms with Crippen LogP contribution in [-0.2, 0) is 20.0 Å². The summed E-state index contributed by atoms with van der Waals surface area (Å²) in [4.78, 5) is 50.2. The summed E-state index contributed by atoms with van der Waals surface area (Å²) in [6, 6.07) is 37.4. The molecule has 0 radical (unpaired) electrons. The first kappa shape index (κ1) is 41.2. The number of aryl methyl sites for hydroxylation is 1. The molecule has 7 aromatic rings. The van der Waals surface area contributed by atoms with Crippen LogP contribution in [0.3, 0.4) is 0 Å². The topological polar surface area (TPSA) is 233 Å². The minimum atomic E-state index is -4.37. The highest BCUT2D eigenvalue weighted by molar-refractivity contribution is 7.90. The van der Waals surface area contributed by atoms with Crippen LogP contribution < -0.4 is 41.3 Å². The minimum absolute atomic E-state index is 0.0705. The molecule has 308 valence electrons. The lowest BCUT2D eigenvalue weighted by molar-refractivity contribution is 0.255. The van der Waals surface area contributed by atoms with E-state index in [-0.39, 0.29) is 21.2 Å². The van der Waals surface area contributed by atoms with Crippen molar-refractivity contribution in [1.29, 1.82) is 0 Å². The van der Waals surface area contributed by atoms with Crippen molar-refractivity contribution in [3.05, 3.63) is 157 Å². The van der Waals surface area contributed by atoms with E-state index in [1.165, 1.54) is 66.7 Å². The van der Waals surface area contributed by atoms with E-state index in [2.05, 4.69) is 31.9 Å². The number of sulfonamides is 2. The third kappa shape index (κ3) is 10.6. The Hall–Kier alpha value is -7.96. The van der Waals surface area contributed by atoms with Gasteiger partial charge in [-0.25, -0.2) is 45.5 Å². The number of rotatable bonds is 10. The van der Waals surface area contributed by atoms with E-state index in [1.54, 1.807) is 19.1 Å². The first-order valence-corrected chi connectivity index (χ1v) is 21.3. The smallest absolute Gasteiger partial charge is 0.308 e. The number of nitrogens with one attached hydrogen (secondary N) is 8. The van der Waals surface area contributed by atoms with E-state index >= 15 is 0 Å². The van der Waals surface area contributed by atoms with Gasteiger partial charge in [0.1, 0.15) is 0 Å². The zero-order valence-corrected chi connectivity index (χ0v) is 33.6. The number of hydrogen-bond donors (Lipinski definition) is 8. The van der Waals surface area contributed by atoms with Crippen LogP contribution in [0.25, 0.3) is 21.5 Å². The molecule has 0 saturated heterocycles. The van der Waals surface area contributed by atoms with Crippen molar-refractivity contribution in [2.75, 3.05) is 31.9 Å². The van der Waals surface area contributed by atoms with E-state index in [4.69, 9.17) is 0 Å². The number of amides is 8. The third-order valence-electron chi connectivity index (χ3n) is 9.06. The number of urea groups is 4. The highest BCUT2D eigenvalue weighted by atomic mass is 32.2. The van der Waals surface area contributed by atoms with Gasteiger partial charge in [-0.1, -0.05) is 66.7 Å². The standard InChI is InChI=1S/C43H36N8O8S2/c1-27-10-13-36(48-42(54)50-60(56,57)37-20-16-32(17-21-37)44-40(52)46-34-14-11-28-6-2-4-8-30(28)24-34)26-39(27)49-43(55)51-61(58,59)38-22-18-33(19-23-38)45-41(53)47-35-15-12-29-7-3-5-9-31(29)25-35/h2-26H,1H3,(H2,44,46,52)(H2,45,47,53)(H2,48,50,54)(H2,49,51,55). The largest absolute Gasteiger partial charge is 0.333 e. The first-order chi connectivity index (χ1) is 29.2. The average molecular weight is 857 g/mol. The molecule has 0 heterocycles. The zero-order chi connectivity index (χ0) is 43.1. The Morgan fingerprint density at radius 2 is 0.705 bits per heavy atom. The Morgan fingerprint density at radius 1 is 0.361 bits per heavy atom. The molecule has 0 saturated carbocycles. The van der Waals surface area contributed by atoms with Crippen molar-refractivity contribution < 1.29 is 36.0 Å². The molecule has 0 atom stereocenters. The second kappa shape index (κ2) is 17.5. The van der Waals surface area contributed by atoms with Crippen LogP contribution in [0.5, 0.6) is 0 Å².